The van der Waals surface area contributed by atoms with Gasteiger partial charge in [0.1, 0.15) is 0 Å². The van der Waals surface area contributed by atoms with Crippen molar-refractivity contribution in [3.05, 3.63) is 0 Å². The Bertz CT molecular complexity index is 88.6. The van der Waals surface area contributed by atoms with Gasteiger partial charge in [-0.15, -0.1) is 0 Å². The van der Waals surface area contributed by atoms with Crippen molar-refractivity contribution in [1.82, 2.24) is 18.5 Å². The Balaban J connectivity index is -0.00000000121. The van der Waals surface area contributed by atoms with Crippen molar-refractivity contribution in [3.8, 4) is 0 Å². The van der Waals surface area contributed by atoms with Gasteiger partial charge in [0.15, 0.2) is 0 Å². The standard InChI is InChI=1S/3K.3H3N.3Na.H3O4P.3H/c;;;;;;;;;1-5(2,3)4;;;/h;;;3*1H3;;;;(H3,1,2,3,4);;;/q3*+1;;;;3*+1;;3*-1/p-3. The van der Waals surface area contributed by atoms with Gasteiger partial charge in [0.2, 0.25) is 0 Å². The van der Waals surface area contributed by atoms with Gasteiger partial charge in [-0.05, 0) is 0 Å². The predicted octanol–water partition coefficient (Wildman–Crippen LogP) is -20.0. The number of rotatable bonds is 0. The van der Waals surface area contributed by atoms with Crippen LogP contribution < -0.4 is 276 Å². The van der Waals surface area contributed by atoms with Crippen molar-refractivity contribution in [2.24, 2.45) is 0 Å². The monoisotopic (exact) mass is 335 g/mol. The maximum atomic E-state index is 8.55. The molecule has 0 fully saturated rings. The summed E-state index contributed by atoms with van der Waals surface area (Å²) in [5, 5.41) is 0. The molecule has 0 aromatic rings. The van der Waals surface area contributed by atoms with Crippen molar-refractivity contribution >= 4 is 7.82 Å². The Labute approximate surface area is 283 Å². The Hall–Kier alpha value is 7.90. The molecule has 0 saturated carbocycles. The molecule has 0 aliphatic rings. The largest absolute Gasteiger partial charge is 1.00 e. The second kappa shape index (κ2) is 42.8. The molecule has 0 atom stereocenters. The molecule has 0 aliphatic heterocycles. The molecule has 0 unspecified atom stereocenters. The van der Waals surface area contributed by atoms with E-state index in [4.69, 9.17) is 19.2 Å². The third kappa shape index (κ3) is 114. The molecule has 7 nitrogen and oxygen atoms in total. The van der Waals surface area contributed by atoms with E-state index in [2.05, 4.69) is 0 Å². The van der Waals surface area contributed by atoms with Gasteiger partial charge in [0.25, 0.3) is 0 Å². The second-order valence-corrected chi connectivity index (χ2v) is 1.34. The van der Waals surface area contributed by atoms with E-state index in [9.17, 15) is 0 Å². The normalized spacial score (nSPS) is 4.21. The third-order valence-electron chi connectivity index (χ3n) is 0. The number of hydrogen-bond donors (Lipinski definition) is 3. The van der Waals surface area contributed by atoms with E-state index in [0.717, 1.165) is 0 Å². The van der Waals surface area contributed by atoms with Crippen LogP contribution in [0.1, 0.15) is 4.28 Å². The maximum Gasteiger partial charge on any atom is 1.00 e. The minimum absolute atomic E-state index is 0. The van der Waals surface area contributed by atoms with Crippen molar-refractivity contribution in [3.63, 3.8) is 0 Å². The zero-order valence-electron chi connectivity index (χ0n) is 13.2. The first kappa shape index (κ1) is 67.6. The summed E-state index contributed by atoms with van der Waals surface area (Å²) in [6.07, 6.45) is 0. The summed E-state index contributed by atoms with van der Waals surface area (Å²) < 4.78 is 8.55. The molecule has 0 amide bonds. The minimum atomic E-state index is -5.39. The van der Waals surface area contributed by atoms with Crippen molar-refractivity contribution in [1.29, 1.82) is 0 Å². The molecule has 62 valence electrons. The van der Waals surface area contributed by atoms with Crippen LogP contribution in [-0.4, -0.2) is 0 Å². The maximum absolute atomic E-state index is 8.55. The van der Waals surface area contributed by atoms with Gasteiger partial charge in [-0.1, -0.05) is 0 Å². The summed E-state index contributed by atoms with van der Waals surface area (Å²) >= 11 is 0. The summed E-state index contributed by atoms with van der Waals surface area (Å²) in [5.41, 5.74) is 0. The molecule has 0 aromatic heterocycles. The van der Waals surface area contributed by atoms with Crippen LogP contribution in [0.4, 0.5) is 0 Å². The molecule has 0 rings (SSSR count). The summed E-state index contributed by atoms with van der Waals surface area (Å²) in [5.74, 6) is 0. The van der Waals surface area contributed by atoms with E-state index in [1.165, 1.54) is 0 Å². The van der Waals surface area contributed by atoms with Crippen LogP contribution in [0, 0.1) is 0 Å². The van der Waals surface area contributed by atoms with E-state index in [0.29, 0.717) is 0 Å². The van der Waals surface area contributed by atoms with E-state index < -0.39 is 7.82 Å². The molecule has 14 heteroatoms. The first-order valence-corrected chi connectivity index (χ1v) is 2.19. The Morgan fingerprint density at radius 2 is 0.714 bits per heavy atom. The van der Waals surface area contributed by atoms with Crippen LogP contribution in [0.15, 0.2) is 0 Å². The molecular weight excluding hydrogens is 323 g/mol. The zero-order valence-corrected chi connectivity index (χ0v) is 26.5. The van der Waals surface area contributed by atoms with E-state index in [1.54, 1.807) is 0 Å². The van der Waals surface area contributed by atoms with Crippen molar-refractivity contribution in [2.75, 3.05) is 0 Å². The minimum Gasteiger partial charge on any atom is -1.00 e. The summed E-state index contributed by atoms with van der Waals surface area (Å²) in [6.45, 7) is 0. The topological polar surface area (TPSA) is 191 Å². The van der Waals surface area contributed by atoms with Gasteiger partial charge >= 0.3 is 243 Å². The van der Waals surface area contributed by atoms with Crippen LogP contribution in [0.25, 0.3) is 0 Å². The van der Waals surface area contributed by atoms with Crippen LogP contribution in [0.5, 0.6) is 0 Å². The van der Waals surface area contributed by atoms with Crippen LogP contribution in [-0.2, 0) is 4.57 Å². The van der Waals surface area contributed by atoms with Gasteiger partial charge in [-0.3, -0.25) is 0 Å². The van der Waals surface area contributed by atoms with E-state index in [-0.39, 0.29) is 266 Å². The molecule has 0 bridgehead atoms. The zero-order chi connectivity index (χ0) is 4.50. The van der Waals surface area contributed by atoms with Gasteiger partial charge in [-0.25, -0.2) is 0 Å². The SMILES string of the molecule is N.N.N.O=P([O-])([O-])[O-].[H-].[H-].[H-].[K+].[K+].[K+].[Na+].[Na+].[Na+]. The quantitative estimate of drug-likeness (QED) is 0.289. The van der Waals surface area contributed by atoms with Gasteiger partial charge in [-0.2, -0.15) is 7.82 Å². The van der Waals surface area contributed by atoms with Gasteiger partial charge in [0.05, 0.1) is 0 Å². The number of phosphoric acid groups is 1. The Kier molecular flexibility index (Phi) is 207. The predicted molar refractivity (Wildman–Crippen MR) is 26.0 cm³/mol. The van der Waals surface area contributed by atoms with Crippen molar-refractivity contribution < 1.29 is 266 Å². The molecule has 0 aromatic carbocycles. The number of hydrogen-bond acceptors (Lipinski definition) is 7. The molecule has 0 spiro atoms. The van der Waals surface area contributed by atoms with Crippen LogP contribution in [0.2, 0.25) is 0 Å². The second-order valence-electron chi connectivity index (χ2n) is 0.447. The van der Waals surface area contributed by atoms with E-state index >= 15 is 0 Å². The molecule has 0 saturated heterocycles. The summed E-state index contributed by atoms with van der Waals surface area (Å²) in [6, 6.07) is 0. The van der Waals surface area contributed by atoms with E-state index in [1.807, 2.05) is 0 Å². The average molecular weight is 335 g/mol. The molecule has 14 heavy (non-hydrogen) atoms. The average Bonchev–Trinajstić information content (AvgIpc) is 0.722. The molecule has 0 radical (unpaired) electrons. The first-order valence-electron chi connectivity index (χ1n) is 0.730. The molecule has 0 aliphatic carbocycles. The van der Waals surface area contributed by atoms with Gasteiger partial charge in [0, 0.05) is 0 Å². The van der Waals surface area contributed by atoms with Crippen LogP contribution >= 0.6 is 7.82 Å². The fourth-order valence-corrected chi connectivity index (χ4v) is 0. The fourth-order valence-electron chi connectivity index (χ4n) is 0. The Morgan fingerprint density at radius 3 is 0.714 bits per heavy atom. The summed E-state index contributed by atoms with van der Waals surface area (Å²) in [7, 11) is -5.39. The molecular formula is H12K3N3Na3O4P. The molecule has 0 heterocycles. The van der Waals surface area contributed by atoms with Crippen LogP contribution in [0.3, 0.4) is 0 Å². The molecule has 9 N–H and O–H groups in total. The first-order chi connectivity index (χ1) is 2.00. The van der Waals surface area contributed by atoms with Crippen molar-refractivity contribution in [2.45, 2.75) is 0 Å². The smallest absolute Gasteiger partial charge is 1.00 e. The fraction of sp³-hybridized carbons (Fsp3) is 0. The third-order valence-corrected chi connectivity index (χ3v) is 0. The summed E-state index contributed by atoms with van der Waals surface area (Å²) in [4.78, 5) is 25.6. The van der Waals surface area contributed by atoms with Gasteiger partial charge < -0.3 is 42.0 Å². The Morgan fingerprint density at radius 1 is 0.714 bits per heavy atom.